The van der Waals surface area contributed by atoms with Gasteiger partial charge in [-0.25, -0.2) is 41.9 Å². The zero-order chi connectivity index (χ0) is 43.4. The molecule has 0 unspecified atom stereocenters. The fourth-order valence-corrected chi connectivity index (χ4v) is 6.57. The van der Waals surface area contributed by atoms with Gasteiger partial charge in [-0.2, -0.15) is 24.3 Å². The van der Waals surface area contributed by atoms with Crippen LogP contribution < -0.4 is 0 Å². The summed E-state index contributed by atoms with van der Waals surface area (Å²) >= 11 is 0. The van der Waals surface area contributed by atoms with Gasteiger partial charge in [-0.15, -0.1) is 48.2 Å². The van der Waals surface area contributed by atoms with Crippen LogP contribution in [0.5, 0.6) is 0 Å². The Labute approximate surface area is 370 Å². The van der Waals surface area contributed by atoms with Crippen LogP contribution in [0.4, 0.5) is 17.6 Å². The second kappa shape index (κ2) is 31.6. The molecule has 2 aromatic rings. The molecule has 2 aliphatic rings. The number of unbranched alkanes of at least 4 members (excludes halogenated alkanes) is 6. The van der Waals surface area contributed by atoms with Gasteiger partial charge in [-0.1, -0.05) is 107 Å². The maximum atomic E-state index is 13.9. The van der Waals surface area contributed by atoms with E-state index in [4.69, 9.17) is 0 Å². The molecule has 59 heavy (non-hydrogen) atoms. The van der Waals surface area contributed by atoms with Gasteiger partial charge >= 0.3 is 21.7 Å². The predicted octanol–water partition coefficient (Wildman–Crippen LogP) is 13.6. The first-order valence-corrected chi connectivity index (χ1v) is 21.4. The molecule has 2 aliphatic carbocycles. The van der Waals surface area contributed by atoms with Gasteiger partial charge in [-0.3, -0.25) is 21.7 Å². The number of nitrogens with zero attached hydrogens (tertiary/aromatic N) is 2. The van der Waals surface area contributed by atoms with Gasteiger partial charge in [0.2, 0.25) is 11.8 Å². The number of carbonyl (C=O) groups excluding carboxylic acids is 2. The molecule has 0 fully saturated rings. The second-order valence-corrected chi connectivity index (χ2v) is 16.1. The Balaban J connectivity index is 0.000000903. The summed E-state index contributed by atoms with van der Waals surface area (Å²) in [6.45, 7) is 17.7. The molecule has 4 nitrogen and oxygen atoms in total. The predicted molar refractivity (Wildman–Crippen MR) is 230 cm³/mol. The molecule has 0 saturated heterocycles. The van der Waals surface area contributed by atoms with E-state index in [0.29, 0.717) is 24.2 Å². The fourth-order valence-electron chi connectivity index (χ4n) is 6.57. The van der Waals surface area contributed by atoms with Crippen LogP contribution in [-0.4, -0.2) is 34.7 Å². The normalized spacial score (nSPS) is 12.4. The molecule has 0 spiro atoms. The molecule has 0 atom stereocenters. The first kappa shape index (κ1) is 55.8. The van der Waals surface area contributed by atoms with Crippen molar-refractivity contribution in [1.82, 2.24) is 9.80 Å². The average Bonchev–Trinajstić information content (AvgIpc) is 3.97. The summed E-state index contributed by atoms with van der Waals surface area (Å²) in [5.41, 5.74) is -0.320. The number of halogens is 4. The Bertz CT molecular complexity index is 1460. The quantitative estimate of drug-likeness (QED) is 0.0576. The number of amides is 2. The molecule has 0 heterocycles. The van der Waals surface area contributed by atoms with Gasteiger partial charge in [-0.05, 0) is 25.7 Å². The van der Waals surface area contributed by atoms with Crippen LogP contribution in [0.2, 0.25) is 0 Å². The maximum absolute atomic E-state index is 13.9. The van der Waals surface area contributed by atoms with Gasteiger partial charge in [0.25, 0.3) is 0 Å². The number of allylic oxidation sites excluding steroid dienone is 8. The standard InChI is InChI=1S/2C20H30F2NO.2C5H5.Ti/c2*1-5-7-8-9-13-23(19(24)20(3,4)12-6-2)15-16-10-11-17(21)14-18(16)22;2*1-2-4-5-3-1;/h2*10-11H,5-9,12-13,15H2,1-4H3;2*1-3H,4H2;/q4*-1;+4. The van der Waals surface area contributed by atoms with Crippen molar-refractivity contribution in [3.8, 4) is 0 Å². The molecule has 2 amide bonds. The SMILES string of the molecule is CCCCCCN(Cc1ccc(F)[c-]c1F)C(=O)C(C)(C)CCC.CCCCCCN(Cc1ccc(F)[c-]c1F)C(=O)C(C)(C)CCC.[C-]1=CC=CC1.[C-]1=CC=CC1.[Ti+4]. The van der Waals surface area contributed by atoms with Crippen LogP contribution >= 0.6 is 0 Å². The Morgan fingerprint density at radius 2 is 0.949 bits per heavy atom. The van der Waals surface area contributed by atoms with E-state index >= 15 is 0 Å². The molecule has 0 radical (unpaired) electrons. The maximum Gasteiger partial charge on any atom is 4.00 e. The minimum absolute atomic E-state index is 0. The van der Waals surface area contributed by atoms with Gasteiger partial charge < -0.3 is 9.80 Å². The molecule has 324 valence electrons. The zero-order valence-corrected chi connectivity index (χ0v) is 38.8. The van der Waals surface area contributed by atoms with Crippen LogP contribution in [-0.2, 0) is 44.4 Å². The van der Waals surface area contributed by atoms with Crippen LogP contribution in [0, 0.1) is 58.4 Å². The number of hydrogen-bond donors (Lipinski definition) is 0. The minimum Gasteiger partial charge on any atom is -0.349 e. The van der Waals surface area contributed by atoms with E-state index < -0.39 is 34.1 Å². The van der Waals surface area contributed by atoms with E-state index in [-0.39, 0.29) is 46.6 Å². The largest absolute Gasteiger partial charge is 4.00 e. The van der Waals surface area contributed by atoms with Crippen LogP contribution in [0.3, 0.4) is 0 Å². The van der Waals surface area contributed by atoms with Gasteiger partial charge in [0.05, 0.1) is 0 Å². The molecule has 0 N–H and O–H groups in total. The molecule has 0 aromatic heterocycles. The summed E-state index contributed by atoms with van der Waals surface area (Å²) in [5.74, 6) is -2.80. The van der Waals surface area contributed by atoms with E-state index in [9.17, 15) is 27.2 Å². The van der Waals surface area contributed by atoms with Crippen molar-refractivity contribution in [2.45, 2.75) is 158 Å². The summed E-state index contributed by atoms with van der Waals surface area (Å²) in [6.07, 6.45) is 31.8. The smallest absolute Gasteiger partial charge is 0.349 e. The molecule has 9 heteroatoms. The average molecular weight is 855 g/mol. The van der Waals surface area contributed by atoms with Crippen molar-refractivity contribution in [3.05, 3.63) is 119 Å². The number of hydrogen-bond acceptors (Lipinski definition) is 2. The van der Waals surface area contributed by atoms with Crippen molar-refractivity contribution < 1.29 is 48.9 Å². The van der Waals surface area contributed by atoms with Crippen molar-refractivity contribution in [1.29, 1.82) is 0 Å². The Morgan fingerprint density at radius 3 is 1.20 bits per heavy atom. The molecule has 0 aliphatic heterocycles. The topological polar surface area (TPSA) is 40.6 Å². The Kier molecular flexibility index (Phi) is 29.9. The van der Waals surface area contributed by atoms with Gasteiger partial charge in [0.1, 0.15) is 0 Å². The van der Waals surface area contributed by atoms with Crippen molar-refractivity contribution in [2.24, 2.45) is 10.8 Å². The molecular weight excluding hydrogens is 784 g/mol. The first-order valence-electron chi connectivity index (χ1n) is 21.4. The molecule has 0 saturated carbocycles. The monoisotopic (exact) mass is 854 g/mol. The van der Waals surface area contributed by atoms with Gasteiger partial charge in [0, 0.05) is 60.3 Å². The molecular formula is C50H70F4N2O2Ti. The van der Waals surface area contributed by atoms with E-state index in [1.165, 1.54) is 24.3 Å². The van der Waals surface area contributed by atoms with E-state index in [0.717, 1.165) is 89.9 Å². The number of carbonyl (C=O) groups is 2. The molecule has 4 rings (SSSR count). The van der Waals surface area contributed by atoms with Gasteiger partial charge in [0.15, 0.2) is 0 Å². The summed E-state index contributed by atoms with van der Waals surface area (Å²) in [6, 6.07) is 9.29. The second-order valence-electron chi connectivity index (χ2n) is 16.1. The van der Waals surface area contributed by atoms with Crippen molar-refractivity contribution in [3.63, 3.8) is 0 Å². The van der Waals surface area contributed by atoms with Crippen LogP contribution in [0.15, 0.2) is 60.7 Å². The number of benzene rings is 2. The molecule has 0 bridgehead atoms. The Morgan fingerprint density at radius 1 is 0.576 bits per heavy atom. The third-order valence-electron chi connectivity index (χ3n) is 9.82. The summed E-state index contributed by atoms with van der Waals surface area (Å²) in [4.78, 5) is 29.3. The van der Waals surface area contributed by atoms with Crippen LogP contribution in [0.1, 0.15) is 156 Å². The van der Waals surface area contributed by atoms with E-state index in [2.05, 4.69) is 64.1 Å². The minimum atomic E-state index is -0.719. The van der Waals surface area contributed by atoms with E-state index in [1.54, 1.807) is 9.80 Å². The van der Waals surface area contributed by atoms with E-state index in [1.807, 2.05) is 52.0 Å². The zero-order valence-electron chi connectivity index (χ0n) is 37.2. The fraction of sp³-hybridized carbons (Fsp3) is 0.560. The van der Waals surface area contributed by atoms with Crippen LogP contribution in [0.25, 0.3) is 0 Å². The summed E-state index contributed by atoms with van der Waals surface area (Å²) in [7, 11) is 0. The summed E-state index contributed by atoms with van der Waals surface area (Å²) < 4.78 is 53.9. The Hall–Kier alpha value is -3.23. The van der Waals surface area contributed by atoms with Crippen molar-refractivity contribution in [2.75, 3.05) is 13.1 Å². The summed E-state index contributed by atoms with van der Waals surface area (Å²) in [5, 5.41) is 0. The number of rotatable bonds is 20. The first-order chi connectivity index (χ1) is 27.6. The van der Waals surface area contributed by atoms with Crippen molar-refractivity contribution >= 4 is 11.8 Å². The molecule has 2 aromatic carbocycles. The third kappa shape index (κ3) is 23.4. The third-order valence-corrected chi connectivity index (χ3v) is 9.82.